The van der Waals surface area contributed by atoms with E-state index in [1.807, 2.05) is 0 Å². The predicted octanol–water partition coefficient (Wildman–Crippen LogP) is 2.46. The lowest BCUT2D eigenvalue weighted by Crippen LogP contribution is -2.41. The van der Waals surface area contributed by atoms with Gasteiger partial charge in [0, 0.05) is 43.0 Å². The third-order valence-electron chi connectivity index (χ3n) is 4.20. The highest BCUT2D eigenvalue weighted by atomic mass is 19.1. The predicted molar refractivity (Wildman–Crippen MR) is 120 cm³/mol. The minimum atomic E-state index is -0.570. The van der Waals surface area contributed by atoms with Crippen molar-refractivity contribution < 1.29 is 33.3 Å². The molecule has 13 heteroatoms. The number of halogens is 1. The number of ether oxygens (including phenoxy) is 2. The summed E-state index contributed by atoms with van der Waals surface area (Å²) in [5, 5.41) is 23.1. The zero-order valence-corrected chi connectivity index (χ0v) is 17.3. The molecule has 184 valence electrons. The van der Waals surface area contributed by atoms with Gasteiger partial charge >= 0.3 is 0 Å². The molecule has 2 amide bonds. The van der Waals surface area contributed by atoms with Crippen LogP contribution in [0.15, 0.2) is 48.5 Å². The van der Waals surface area contributed by atoms with Crippen LogP contribution < -0.4 is 10.2 Å². The van der Waals surface area contributed by atoms with E-state index in [2.05, 4.69) is 5.32 Å². The van der Waals surface area contributed by atoms with Crippen LogP contribution in [0.3, 0.4) is 0 Å². The molecule has 2 saturated heterocycles. The fourth-order valence-electron chi connectivity index (χ4n) is 2.59. The number of amides is 2. The van der Waals surface area contributed by atoms with Crippen LogP contribution in [0.1, 0.15) is 7.43 Å². The molecule has 1 N–H and O–H groups in total. The average Bonchev–Trinajstić information content (AvgIpc) is 2.81. The summed E-state index contributed by atoms with van der Waals surface area (Å²) in [6.45, 7) is 2.60. The summed E-state index contributed by atoms with van der Waals surface area (Å²) in [7, 11) is 0. The minimum absolute atomic E-state index is 0. The summed E-state index contributed by atoms with van der Waals surface area (Å²) in [5.41, 5.74) is 0.588. The third-order valence-corrected chi connectivity index (χ3v) is 4.20. The van der Waals surface area contributed by atoms with Crippen LogP contribution in [-0.2, 0) is 19.1 Å². The van der Waals surface area contributed by atoms with Gasteiger partial charge in [0.05, 0.1) is 23.1 Å². The van der Waals surface area contributed by atoms with Crippen LogP contribution >= 0.6 is 0 Å². The van der Waals surface area contributed by atoms with Gasteiger partial charge in [-0.2, -0.15) is 0 Å². The van der Waals surface area contributed by atoms with E-state index in [4.69, 9.17) is 9.47 Å². The molecule has 0 saturated carbocycles. The van der Waals surface area contributed by atoms with Crippen molar-refractivity contribution in [1.29, 1.82) is 0 Å². The van der Waals surface area contributed by atoms with Gasteiger partial charge in [-0.15, -0.1) is 0 Å². The molecule has 34 heavy (non-hydrogen) atoms. The molecule has 2 heterocycles. The molecule has 0 atom stereocenters. The number of carbonyl (C=O) groups excluding carboxylic acids is 2. The second kappa shape index (κ2) is 14.2. The van der Waals surface area contributed by atoms with E-state index >= 15 is 0 Å². The Balaban J connectivity index is 0.000000275. The van der Waals surface area contributed by atoms with Gasteiger partial charge in [-0.3, -0.25) is 29.8 Å². The Morgan fingerprint density at radius 3 is 1.79 bits per heavy atom. The Bertz CT molecular complexity index is 962. The van der Waals surface area contributed by atoms with E-state index in [-0.39, 0.29) is 43.8 Å². The van der Waals surface area contributed by atoms with E-state index in [1.54, 1.807) is 17.0 Å². The highest BCUT2D eigenvalue weighted by molar-refractivity contribution is 5.94. The van der Waals surface area contributed by atoms with Crippen LogP contribution in [0.2, 0.25) is 0 Å². The van der Waals surface area contributed by atoms with Crippen LogP contribution in [0.5, 0.6) is 0 Å². The average molecular weight is 480 g/mol. The molecule has 0 unspecified atom stereocenters. The number of nitrogens with zero attached hydrogens (tertiary/aromatic N) is 3. The molecule has 2 aliphatic rings. The lowest BCUT2D eigenvalue weighted by atomic mass is 10.2. The summed E-state index contributed by atoms with van der Waals surface area (Å²) in [5.74, 6) is -0.600. The van der Waals surface area contributed by atoms with Gasteiger partial charge in [-0.05, 0) is 24.3 Å². The second-order valence-electron chi connectivity index (χ2n) is 6.51. The first-order valence-corrected chi connectivity index (χ1v) is 9.65. The van der Waals surface area contributed by atoms with Crippen molar-refractivity contribution in [1.82, 2.24) is 5.32 Å². The van der Waals surface area contributed by atoms with Gasteiger partial charge in [0.2, 0.25) is 5.91 Å². The molecule has 0 spiro atoms. The van der Waals surface area contributed by atoms with Crippen LogP contribution in [-0.4, -0.2) is 61.2 Å². The fraction of sp³-hybridized carbons (Fsp3) is 0.333. The molecular formula is C21H25FN4O8. The normalized spacial score (nSPS) is 14.8. The number of nitro benzene ring substituents is 2. The second-order valence-corrected chi connectivity index (χ2v) is 6.51. The standard InChI is InChI=1S/C10H10N2O4.C6H4FNO2.C4H7NO2.CH4/c13-10-7-16-6-5-11(10)8-1-3-9(4-2-8)12(14)15;7-5-1-3-6(4-2-5)8(9)10;6-4-3-7-2-1-5-4;/h1-4H,5-7H2;1-4H;1-3H2,(H,5,6);1H4. The number of hydrogen-bond donors (Lipinski definition) is 1. The topological polar surface area (TPSA) is 154 Å². The summed E-state index contributed by atoms with van der Waals surface area (Å²) in [6, 6.07) is 10.3. The lowest BCUT2D eigenvalue weighted by Gasteiger charge is -2.26. The van der Waals surface area contributed by atoms with Crippen molar-refractivity contribution in [2.24, 2.45) is 0 Å². The van der Waals surface area contributed by atoms with Gasteiger partial charge in [-0.25, -0.2) is 4.39 Å². The molecule has 4 rings (SSSR count). The van der Waals surface area contributed by atoms with E-state index in [0.717, 1.165) is 24.3 Å². The van der Waals surface area contributed by atoms with E-state index in [1.165, 1.54) is 12.1 Å². The van der Waals surface area contributed by atoms with Gasteiger partial charge in [-0.1, -0.05) is 7.43 Å². The third kappa shape index (κ3) is 9.26. The highest BCUT2D eigenvalue weighted by Gasteiger charge is 2.20. The van der Waals surface area contributed by atoms with E-state index < -0.39 is 15.7 Å². The SMILES string of the molecule is C.O=C1COCCN1.O=C1COCCN1c1ccc([N+](=O)[O-])cc1.O=[N+]([O-])c1ccc(F)cc1. The number of non-ortho nitro benzene ring substituents is 2. The Labute approximate surface area is 194 Å². The number of morpholine rings is 2. The van der Waals surface area contributed by atoms with Crippen molar-refractivity contribution in [3.63, 3.8) is 0 Å². The molecule has 0 aliphatic carbocycles. The maximum absolute atomic E-state index is 12.1. The molecule has 0 bridgehead atoms. The zero-order chi connectivity index (χ0) is 24.2. The first kappa shape index (κ1) is 28.1. The number of nitro groups is 2. The van der Waals surface area contributed by atoms with Gasteiger partial charge < -0.3 is 19.7 Å². The number of rotatable bonds is 3. The zero-order valence-electron chi connectivity index (χ0n) is 17.3. The number of hydrogen-bond acceptors (Lipinski definition) is 8. The van der Waals surface area contributed by atoms with Crippen molar-refractivity contribution in [2.45, 2.75) is 7.43 Å². The maximum atomic E-state index is 12.1. The first-order valence-electron chi connectivity index (χ1n) is 9.65. The summed E-state index contributed by atoms with van der Waals surface area (Å²) in [4.78, 5) is 42.7. The van der Waals surface area contributed by atoms with Crippen molar-refractivity contribution in [3.8, 4) is 0 Å². The fourth-order valence-corrected chi connectivity index (χ4v) is 2.59. The Kier molecular flexibility index (Phi) is 11.7. The van der Waals surface area contributed by atoms with E-state index in [0.29, 0.717) is 32.0 Å². The lowest BCUT2D eigenvalue weighted by molar-refractivity contribution is -0.385. The monoisotopic (exact) mass is 480 g/mol. The molecule has 2 aromatic carbocycles. The Hall–Kier alpha value is -3.97. The molecule has 0 aromatic heterocycles. The Morgan fingerprint density at radius 2 is 1.38 bits per heavy atom. The van der Waals surface area contributed by atoms with Crippen molar-refractivity contribution >= 4 is 28.9 Å². The minimum Gasteiger partial charge on any atom is -0.370 e. The van der Waals surface area contributed by atoms with Gasteiger partial charge in [0.25, 0.3) is 17.3 Å². The molecular weight excluding hydrogens is 455 g/mol. The highest BCUT2D eigenvalue weighted by Crippen LogP contribution is 2.20. The molecule has 2 aromatic rings. The summed E-state index contributed by atoms with van der Waals surface area (Å²) < 4.78 is 21.9. The summed E-state index contributed by atoms with van der Waals surface area (Å²) in [6.07, 6.45) is 0. The number of carbonyl (C=O) groups is 2. The quantitative estimate of drug-likeness (QED) is 0.519. The number of benzene rings is 2. The maximum Gasteiger partial charge on any atom is 0.269 e. The van der Waals surface area contributed by atoms with Gasteiger partial charge in [0.1, 0.15) is 19.0 Å². The van der Waals surface area contributed by atoms with Crippen molar-refractivity contribution in [3.05, 3.63) is 74.6 Å². The van der Waals surface area contributed by atoms with Crippen LogP contribution in [0, 0.1) is 26.0 Å². The smallest absolute Gasteiger partial charge is 0.269 e. The van der Waals surface area contributed by atoms with Crippen LogP contribution in [0.25, 0.3) is 0 Å². The first-order chi connectivity index (χ1) is 15.8. The molecule has 0 radical (unpaired) electrons. The Morgan fingerprint density at radius 1 is 0.853 bits per heavy atom. The van der Waals surface area contributed by atoms with Gasteiger partial charge in [0.15, 0.2) is 0 Å². The van der Waals surface area contributed by atoms with Crippen LogP contribution in [0.4, 0.5) is 21.5 Å². The molecule has 2 aliphatic heterocycles. The molecule has 2 fully saturated rings. The number of nitrogens with one attached hydrogen (secondary N) is 1. The number of anilines is 1. The van der Waals surface area contributed by atoms with Crippen molar-refractivity contribution in [2.75, 3.05) is 44.4 Å². The largest absolute Gasteiger partial charge is 0.370 e. The molecule has 12 nitrogen and oxygen atoms in total. The summed E-state index contributed by atoms with van der Waals surface area (Å²) >= 11 is 0. The van der Waals surface area contributed by atoms with E-state index in [9.17, 15) is 34.2 Å².